The monoisotopic (exact) mass is 539 g/mol. The predicted octanol–water partition coefficient (Wildman–Crippen LogP) is 5.85. The first-order valence-corrected chi connectivity index (χ1v) is 14.0. The van der Waals surface area contributed by atoms with Crippen molar-refractivity contribution in [1.29, 1.82) is 5.26 Å². The second kappa shape index (κ2) is 12.5. The minimum absolute atomic E-state index is 0.124. The Hall–Kier alpha value is -3.66. The molecule has 7 heteroatoms. The van der Waals surface area contributed by atoms with Crippen molar-refractivity contribution in [2.24, 2.45) is 0 Å². The first-order valence-electron chi connectivity index (χ1n) is 13.7. The van der Waals surface area contributed by atoms with Crippen molar-refractivity contribution in [3.05, 3.63) is 106 Å². The van der Waals surface area contributed by atoms with Crippen LogP contribution in [0.1, 0.15) is 64.3 Å². The molecule has 0 unspecified atom stereocenters. The maximum atomic E-state index is 12.9. The summed E-state index contributed by atoms with van der Waals surface area (Å²) in [6.07, 6.45) is 5.72. The molecule has 6 nitrogen and oxygen atoms in total. The number of halogens is 1. The smallest absolute Gasteiger partial charge is 0.270 e. The summed E-state index contributed by atoms with van der Waals surface area (Å²) in [7, 11) is 0. The fourth-order valence-electron chi connectivity index (χ4n) is 5.54. The van der Waals surface area contributed by atoms with E-state index < -0.39 is 0 Å². The molecule has 0 aliphatic carbocycles. The van der Waals surface area contributed by atoms with Crippen LogP contribution in [0.2, 0.25) is 5.02 Å². The molecule has 5 rings (SSSR count). The maximum Gasteiger partial charge on any atom is 0.270 e. The molecule has 2 saturated heterocycles. The van der Waals surface area contributed by atoms with E-state index in [1.165, 1.54) is 11.1 Å². The molecule has 0 atom stereocenters. The number of benzene rings is 2. The molecule has 0 radical (unpaired) electrons. The Morgan fingerprint density at radius 3 is 2.28 bits per heavy atom. The van der Waals surface area contributed by atoms with E-state index in [0.29, 0.717) is 17.2 Å². The Balaban J connectivity index is 1.07. The van der Waals surface area contributed by atoms with Gasteiger partial charge in [-0.2, -0.15) is 5.26 Å². The van der Waals surface area contributed by atoms with E-state index >= 15 is 0 Å². The summed E-state index contributed by atoms with van der Waals surface area (Å²) < 4.78 is 0. The van der Waals surface area contributed by atoms with Gasteiger partial charge in [-0.05, 0) is 79.1 Å². The van der Waals surface area contributed by atoms with Gasteiger partial charge in [0.1, 0.15) is 5.69 Å². The van der Waals surface area contributed by atoms with Gasteiger partial charge in [0.15, 0.2) is 0 Å². The molecule has 2 aliphatic rings. The van der Waals surface area contributed by atoms with Crippen LogP contribution in [0.25, 0.3) is 5.70 Å². The quantitative estimate of drug-likeness (QED) is 0.407. The zero-order valence-corrected chi connectivity index (χ0v) is 22.9. The van der Waals surface area contributed by atoms with Gasteiger partial charge in [-0.3, -0.25) is 14.7 Å². The first kappa shape index (κ1) is 26.9. The molecule has 1 amide bonds. The fraction of sp³-hybridized carbons (Fsp3) is 0.344. The molecule has 0 spiro atoms. The Labute approximate surface area is 235 Å². The summed E-state index contributed by atoms with van der Waals surface area (Å²) in [5.74, 6) is 0.417. The number of likely N-dealkylation sites (tertiary alicyclic amines) is 2. The van der Waals surface area contributed by atoms with Crippen molar-refractivity contribution >= 4 is 23.2 Å². The van der Waals surface area contributed by atoms with Gasteiger partial charge in [0, 0.05) is 61.2 Å². The van der Waals surface area contributed by atoms with Crippen molar-refractivity contribution in [3.8, 4) is 6.07 Å². The number of nitriles is 1. The van der Waals surface area contributed by atoms with Crippen LogP contribution in [0.15, 0.2) is 73.4 Å². The Bertz CT molecular complexity index is 1310. The number of pyridine rings is 1. The highest BCUT2D eigenvalue weighted by atomic mass is 35.5. The molecule has 0 saturated carbocycles. The summed E-state index contributed by atoms with van der Waals surface area (Å²) in [6, 6.07) is 22.0. The molecule has 200 valence electrons. The van der Waals surface area contributed by atoms with Crippen molar-refractivity contribution < 1.29 is 4.79 Å². The maximum absolute atomic E-state index is 12.9. The average molecular weight is 540 g/mol. The highest BCUT2D eigenvalue weighted by molar-refractivity contribution is 6.30. The van der Waals surface area contributed by atoms with Crippen LogP contribution >= 0.6 is 11.6 Å². The van der Waals surface area contributed by atoms with Crippen molar-refractivity contribution in [3.63, 3.8) is 0 Å². The number of amides is 1. The lowest BCUT2D eigenvalue weighted by Crippen LogP contribution is -2.44. The number of nitrogens with one attached hydrogen (secondary N) is 1. The number of aromatic nitrogens is 1. The normalized spacial score (nSPS) is 17.0. The molecular formula is C32H34ClN5O. The lowest BCUT2D eigenvalue weighted by atomic mass is 9.89. The van der Waals surface area contributed by atoms with Crippen LogP contribution in [0.5, 0.6) is 0 Å². The van der Waals surface area contributed by atoms with Gasteiger partial charge >= 0.3 is 0 Å². The van der Waals surface area contributed by atoms with Crippen LogP contribution in [0.3, 0.4) is 0 Å². The summed E-state index contributed by atoms with van der Waals surface area (Å²) >= 11 is 6.04. The van der Waals surface area contributed by atoms with Crippen LogP contribution in [-0.2, 0) is 6.54 Å². The minimum Gasteiger partial charge on any atom is -0.371 e. The van der Waals surface area contributed by atoms with Crippen molar-refractivity contribution in [1.82, 2.24) is 20.1 Å². The van der Waals surface area contributed by atoms with Crippen LogP contribution in [-0.4, -0.2) is 52.9 Å². The fourth-order valence-corrected chi connectivity index (χ4v) is 5.66. The van der Waals surface area contributed by atoms with E-state index in [1.54, 1.807) is 12.3 Å². The Kier molecular flexibility index (Phi) is 8.61. The lowest BCUT2D eigenvalue weighted by Gasteiger charge is -2.35. The number of carbonyl (C=O) groups excluding carboxylic acids is 1. The summed E-state index contributed by atoms with van der Waals surface area (Å²) in [6.45, 7) is 8.91. The minimum atomic E-state index is -0.124. The third-order valence-corrected chi connectivity index (χ3v) is 8.21. The second-order valence-electron chi connectivity index (χ2n) is 10.5. The second-order valence-corrected chi connectivity index (χ2v) is 11.0. The number of nitrogens with zero attached hydrogens (tertiary/aromatic N) is 4. The van der Waals surface area contributed by atoms with E-state index in [-0.39, 0.29) is 11.9 Å². The molecule has 3 heterocycles. The molecule has 1 N–H and O–H groups in total. The van der Waals surface area contributed by atoms with Gasteiger partial charge in [0.05, 0.1) is 11.6 Å². The van der Waals surface area contributed by atoms with E-state index in [0.717, 1.165) is 74.7 Å². The van der Waals surface area contributed by atoms with Gasteiger partial charge in [0.25, 0.3) is 5.91 Å². The number of piperidine rings is 2. The van der Waals surface area contributed by atoms with Gasteiger partial charge in [-0.25, -0.2) is 0 Å². The molecular weight excluding hydrogens is 506 g/mol. The van der Waals surface area contributed by atoms with E-state index in [4.69, 9.17) is 16.9 Å². The SMILES string of the molecule is C=C(c1ccc(C(=O)NC2CCN(Cc3ccc(C#N)cc3)CC2)nc1)N1CCC(c2ccc(Cl)cc2)CC1. The van der Waals surface area contributed by atoms with E-state index in [1.807, 2.05) is 42.5 Å². The zero-order valence-electron chi connectivity index (χ0n) is 22.2. The van der Waals surface area contributed by atoms with Crippen LogP contribution in [0, 0.1) is 11.3 Å². The number of hydrogen-bond donors (Lipinski definition) is 1. The van der Waals surface area contributed by atoms with Gasteiger partial charge in [-0.1, -0.05) is 42.4 Å². The molecule has 0 bridgehead atoms. The van der Waals surface area contributed by atoms with Crippen LogP contribution < -0.4 is 5.32 Å². The highest BCUT2D eigenvalue weighted by Crippen LogP contribution is 2.31. The van der Waals surface area contributed by atoms with Gasteiger partial charge in [0.2, 0.25) is 0 Å². The first-order chi connectivity index (χ1) is 19.0. The predicted molar refractivity (Wildman–Crippen MR) is 155 cm³/mol. The van der Waals surface area contributed by atoms with Crippen molar-refractivity contribution in [2.45, 2.75) is 44.2 Å². The van der Waals surface area contributed by atoms with E-state index in [9.17, 15) is 4.79 Å². The summed E-state index contributed by atoms with van der Waals surface area (Å²) in [5.41, 5.74) is 5.58. The van der Waals surface area contributed by atoms with Crippen LogP contribution in [0.4, 0.5) is 0 Å². The molecule has 2 aliphatic heterocycles. The van der Waals surface area contributed by atoms with E-state index in [2.05, 4.69) is 44.9 Å². The molecule has 2 aromatic carbocycles. The highest BCUT2D eigenvalue weighted by Gasteiger charge is 2.24. The van der Waals surface area contributed by atoms with Crippen molar-refractivity contribution in [2.75, 3.05) is 26.2 Å². The molecule has 3 aromatic rings. The van der Waals surface area contributed by atoms with Gasteiger partial charge in [-0.15, -0.1) is 0 Å². The summed E-state index contributed by atoms with van der Waals surface area (Å²) in [5, 5.41) is 12.9. The standard InChI is InChI=1S/C32H34ClN5O/c1-23(38-18-12-27(13-19-38)26-6-9-29(33)10-7-26)28-8-11-31(35-21-28)32(39)36-30-14-16-37(17-15-30)22-25-4-2-24(20-34)3-5-25/h2-11,21,27,30H,1,12-19,22H2,(H,36,39). The number of hydrogen-bond acceptors (Lipinski definition) is 5. The topological polar surface area (TPSA) is 72.3 Å². The third kappa shape index (κ3) is 6.86. The summed E-state index contributed by atoms with van der Waals surface area (Å²) in [4.78, 5) is 22.0. The third-order valence-electron chi connectivity index (χ3n) is 7.96. The molecule has 39 heavy (non-hydrogen) atoms. The largest absolute Gasteiger partial charge is 0.371 e. The average Bonchev–Trinajstić information content (AvgIpc) is 2.99. The van der Waals surface area contributed by atoms with Gasteiger partial charge < -0.3 is 10.2 Å². The molecule has 2 fully saturated rings. The molecule has 1 aromatic heterocycles. The Morgan fingerprint density at radius 1 is 0.974 bits per heavy atom. The Morgan fingerprint density at radius 2 is 1.67 bits per heavy atom. The number of carbonyl (C=O) groups is 1. The lowest BCUT2D eigenvalue weighted by molar-refractivity contribution is 0.0904. The number of rotatable bonds is 7. The zero-order chi connectivity index (χ0) is 27.2.